The maximum atomic E-state index is 12.9. The van der Waals surface area contributed by atoms with E-state index < -0.39 is 36.2 Å². The molecule has 0 bridgehead atoms. The third kappa shape index (κ3) is 4.02. The van der Waals surface area contributed by atoms with E-state index in [9.17, 15) is 19.2 Å². The second-order valence-electron chi connectivity index (χ2n) is 6.39. The molecule has 1 aliphatic rings. The van der Waals surface area contributed by atoms with Crippen molar-refractivity contribution < 1.29 is 28.7 Å². The van der Waals surface area contributed by atoms with E-state index in [0.717, 1.165) is 9.91 Å². The smallest absolute Gasteiger partial charge is 0.350 e. The van der Waals surface area contributed by atoms with E-state index >= 15 is 0 Å². The Morgan fingerprint density at radius 3 is 2.17 bits per heavy atom. The van der Waals surface area contributed by atoms with Crippen molar-refractivity contribution in [3.63, 3.8) is 0 Å². The van der Waals surface area contributed by atoms with Crippen molar-refractivity contribution in [1.82, 2.24) is 10.4 Å². The van der Waals surface area contributed by atoms with Gasteiger partial charge in [0.2, 0.25) is 5.91 Å². The summed E-state index contributed by atoms with van der Waals surface area (Å²) in [4.78, 5) is 51.0. The lowest BCUT2D eigenvalue weighted by molar-refractivity contribution is -0.125. The van der Waals surface area contributed by atoms with E-state index in [1.54, 1.807) is 36.4 Å². The van der Waals surface area contributed by atoms with Crippen LogP contribution in [-0.2, 0) is 9.59 Å². The fourth-order valence-corrected chi connectivity index (χ4v) is 3.02. The van der Waals surface area contributed by atoms with E-state index in [1.807, 2.05) is 0 Å². The fraction of sp³-hybridized carbons (Fsp3) is 0.200. The number of carbonyl (C=O) groups excluding carboxylic acids is 4. The predicted molar refractivity (Wildman–Crippen MR) is 106 cm³/mol. The van der Waals surface area contributed by atoms with Crippen LogP contribution in [0.1, 0.15) is 16.8 Å². The number of methoxy groups -OCH3 is 2. The first-order valence-electron chi connectivity index (χ1n) is 8.90. The van der Waals surface area contributed by atoms with Crippen LogP contribution in [0, 0.1) is 0 Å². The summed E-state index contributed by atoms with van der Waals surface area (Å²) < 4.78 is 10.3. The van der Waals surface area contributed by atoms with Crippen molar-refractivity contribution in [2.75, 3.05) is 19.1 Å². The minimum Gasteiger partial charge on any atom is -0.497 e. The second-order valence-corrected chi connectivity index (χ2v) is 6.39. The number of urea groups is 1. The van der Waals surface area contributed by atoms with Gasteiger partial charge < -0.3 is 15.2 Å². The van der Waals surface area contributed by atoms with Gasteiger partial charge >= 0.3 is 6.03 Å². The summed E-state index contributed by atoms with van der Waals surface area (Å²) in [5.74, 6) is -1.43. The number of amides is 5. The Kier molecular flexibility index (Phi) is 5.86. The number of nitrogens with zero attached hydrogens (tertiary/aromatic N) is 2. The molecule has 5 amide bonds. The normalized spacial score (nSPS) is 15.9. The first-order valence-corrected chi connectivity index (χ1v) is 8.90. The average molecular weight is 412 g/mol. The van der Waals surface area contributed by atoms with Crippen LogP contribution in [0.25, 0.3) is 0 Å². The number of hydrazine groups is 1. The topological polar surface area (TPSA) is 131 Å². The molecule has 1 atom stereocenters. The van der Waals surface area contributed by atoms with Crippen molar-refractivity contribution >= 4 is 29.4 Å². The van der Waals surface area contributed by atoms with Crippen LogP contribution < -0.4 is 25.5 Å². The van der Waals surface area contributed by atoms with Gasteiger partial charge in [-0.1, -0.05) is 18.2 Å². The van der Waals surface area contributed by atoms with Crippen molar-refractivity contribution in [2.45, 2.75) is 12.5 Å². The van der Waals surface area contributed by atoms with Gasteiger partial charge in [0.05, 0.1) is 26.3 Å². The molecule has 0 saturated carbocycles. The molecule has 30 heavy (non-hydrogen) atoms. The van der Waals surface area contributed by atoms with Crippen LogP contribution in [-0.4, -0.2) is 49.0 Å². The van der Waals surface area contributed by atoms with Crippen LogP contribution in [0.4, 0.5) is 10.5 Å². The summed E-state index contributed by atoms with van der Waals surface area (Å²) in [6, 6.07) is 10.6. The molecule has 0 unspecified atom stereocenters. The molecule has 1 fully saturated rings. The van der Waals surface area contributed by atoms with Gasteiger partial charge in [-0.25, -0.2) is 14.7 Å². The zero-order chi connectivity index (χ0) is 21.8. The monoisotopic (exact) mass is 412 g/mol. The summed E-state index contributed by atoms with van der Waals surface area (Å²) in [6.07, 6.45) is -0.449. The third-order valence-electron chi connectivity index (χ3n) is 4.46. The third-order valence-corrected chi connectivity index (χ3v) is 4.46. The van der Waals surface area contributed by atoms with E-state index in [0.29, 0.717) is 17.2 Å². The number of ether oxygens (including phenoxy) is 2. The predicted octanol–water partition coefficient (Wildman–Crippen LogP) is 1.06. The lowest BCUT2D eigenvalue weighted by Gasteiger charge is -2.22. The molecule has 0 aliphatic carbocycles. The molecule has 0 radical (unpaired) electrons. The molecule has 0 spiro atoms. The number of nitrogens with two attached hydrogens (primary N) is 1. The number of hydrogen-bond donors (Lipinski definition) is 2. The molecular weight excluding hydrogens is 392 g/mol. The number of hydrogen-bond acceptors (Lipinski definition) is 6. The number of para-hydroxylation sites is 1. The van der Waals surface area contributed by atoms with Crippen LogP contribution in [0.5, 0.6) is 11.5 Å². The summed E-state index contributed by atoms with van der Waals surface area (Å²) in [5, 5.41) is 0.814. The van der Waals surface area contributed by atoms with Crippen LogP contribution in [0.2, 0.25) is 0 Å². The van der Waals surface area contributed by atoms with Gasteiger partial charge in [-0.3, -0.25) is 19.8 Å². The molecule has 156 valence electrons. The molecule has 2 aromatic rings. The summed E-state index contributed by atoms with van der Waals surface area (Å²) >= 11 is 0. The second kappa shape index (κ2) is 8.52. The minimum atomic E-state index is -1.27. The zero-order valence-corrected chi connectivity index (χ0v) is 16.3. The minimum absolute atomic E-state index is 0.127. The summed E-state index contributed by atoms with van der Waals surface area (Å²) in [7, 11) is 2.86. The number of anilines is 1. The highest BCUT2D eigenvalue weighted by molar-refractivity contribution is 6.22. The first-order chi connectivity index (χ1) is 14.3. The first kappa shape index (κ1) is 20.6. The number of imide groups is 1. The molecule has 1 saturated heterocycles. The molecule has 3 rings (SSSR count). The Balaban J connectivity index is 1.92. The largest absolute Gasteiger partial charge is 0.497 e. The maximum absolute atomic E-state index is 12.9. The van der Waals surface area contributed by atoms with Gasteiger partial charge in [-0.2, -0.15) is 0 Å². The molecule has 1 heterocycles. The van der Waals surface area contributed by atoms with Gasteiger partial charge in [0.25, 0.3) is 11.8 Å². The van der Waals surface area contributed by atoms with Crippen molar-refractivity contribution in [3.05, 3.63) is 54.1 Å². The fourth-order valence-electron chi connectivity index (χ4n) is 3.02. The summed E-state index contributed by atoms with van der Waals surface area (Å²) in [5.41, 5.74) is 8.08. The Morgan fingerprint density at radius 1 is 1.03 bits per heavy atom. The van der Waals surface area contributed by atoms with E-state index in [-0.39, 0.29) is 5.56 Å². The maximum Gasteiger partial charge on any atom is 0.350 e. The lowest BCUT2D eigenvalue weighted by atomic mass is 10.1. The van der Waals surface area contributed by atoms with Gasteiger partial charge in [0.1, 0.15) is 17.5 Å². The standard InChI is InChI=1S/C20H20N4O6/c1-29-14-8-12(9-15(10-14)30-2)18(26)22-24-16(11-17(21)25)19(27)23(20(24)28)13-6-4-3-5-7-13/h3-10,16H,11H2,1-2H3,(H2,21,25)(H,22,26)/t16-/m1/s1. The van der Waals surface area contributed by atoms with Crippen molar-refractivity contribution in [1.29, 1.82) is 0 Å². The highest BCUT2D eigenvalue weighted by Crippen LogP contribution is 2.26. The van der Waals surface area contributed by atoms with E-state index in [4.69, 9.17) is 15.2 Å². The van der Waals surface area contributed by atoms with E-state index in [1.165, 1.54) is 26.4 Å². The number of benzene rings is 2. The molecule has 10 nitrogen and oxygen atoms in total. The number of rotatable bonds is 7. The molecular formula is C20H20N4O6. The van der Waals surface area contributed by atoms with Gasteiger partial charge in [-0.15, -0.1) is 0 Å². The van der Waals surface area contributed by atoms with Gasteiger partial charge in [0, 0.05) is 11.6 Å². The van der Waals surface area contributed by atoms with Crippen LogP contribution >= 0.6 is 0 Å². The lowest BCUT2D eigenvalue weighted by Crippen LogP contribution is -2.50. The molecule has 2 aromatic carbocycles. The molecule has 1 aliphatic heterocycles. The van der Waals surface area contributed by atoms with Gasteiger partial charge in [0.15, 0.2) is 0 Å². The van der Waals surface area contributed by atoms with Crippen molar-refractivity contribution in [2.24, 2.45) is 5.73 Å². The Bertz CT molecular complexity index is 972. The SMILES string of the molecule is COc1cc(OC)cc(C(=O)NN2C(=O)N(c3ccccc3)C(=O)[C@H]2CC(N)=O)c1. The molecule has 0 aromatic heterocycles. The zero-order valence-electron chi connectivity index (χ0n) is 16.3. The molecule has 3 N–H and O–H groups in total. The quantitative estimate of drug-likeness (QED) is 0.654. The highest BCUT2D eigenvalue weighted by atomic mass is 16.5. The highest BCUT2D eigenvalue weighted by Gasteiger charge is 2.47. The average Bonchev–Trinajstić information content (AvgIpc) is 2.97. The van der Waals surface area contributed by atoms with E-state index in [2.05, 4.69) is 5.43 Å². The summed E-state index contributed by atoms with van der Waals surface area (Å²) in [6.45, 7) is 0. The number of carbonyl (C=O) groups is 4. The van der Waals surface area contributed by atoms with Gasteiger partial charge in [-0.05, 0) is 24.3 Å². The Morgan fingerprint density at radius 2 is 1.63 bits per heavy atom. The Hall–Kier alpha value is -4.08. The number of primary amides is 1. The van der Waals surface area contributed by atoms with Crippen LogP contribution in [0.3, 0.4) is 0 Å². The molecule has 10 heteroatoms. The van der Waals surface area contributed by atoms with Crippen LogP contribution in [0.15, 0.2) is 48.5 Å². The number of nitrogens with one attached hydrogen (secondary N) is 1. The Labute approximate surface area is 172 Å². The van der Waals surface area contributed by atoms with Crippen molar-refractivity contribution in [3.8, 4) is 11.5 Å².